The van der Waals surface area contributed by atoms with Crippen molar-refractivity contribution < 1.29 is 9.90 Å². The van der Waals surface area contributed by atoms with Gasteiger partial charge in [-0.1, -0.05) is 43.7 Å². The number of rotatable bonds is 6. The first-order chi connectivity index (χ1) is 12.6. The van der Waals surface area contributed by atoms with Crippen molar-refractivity contribution in [2.24, 2.45) is 5.92 Å². The molecule has 0 radical (unpaired) electrons. The topological polar surface area (TPSA) is 80.0 Å². The summed E-state index contributed by atoms with van der Waals surface area (Å²) in [7, 11) is 0. The Morgan fingerprint density at radius 2 is 2.08 bits per heavy atom. The third-order valence-electron chi connectivity index (χ3n) is 4.97. The van der Waals surface area contributed by atoms with E-state index >= 15 is 0 Å². The van der Waals surface area contributed by atoms with Crippen molar-refractivity contribution in [3.8, 4) is 17.1 Å². The highest BCUT2D eigenvalue weighted by Crippen LogP contribution is 2.30. The van der Waals surface area contributed by atoms with Gasteiger partial charge in [-0.3, -0.25) is 4.79 Å². The van der Waals surface area contributed by atoms with Crippen LogP contribution in [0.15, 0.2) is 29.4 Å². The van der Waals surface area contributed by atoms with Crippen LogP contribution in [0.25, 0.3) is 11.4 Å². The molecule has 0 bridgehead atoms. The minimum atomic E-state index is 0.0449. The molecular weight excluding hydrogens is 348 g/mol. The van der Waals surface area contributed by atoms with Crippen molar-refractivity contribution in [2.75, 3.05) is 5.75 Å². The molecule has 2 N–H and O–H groups in total. The normalized spacial score (nSPS) is 20.1. The Hall–Kier alpha value is -2.02. The van der Waals surface area contributed by atoms with Gasteiger partial charge in [-0.2, -0.15) is 0 Å². The van der Waals surface area contributed by atoms with Crippen molar-refractivity contribution in [2.45, 2.75) is 57.3 Å². The van der Waals surface area contributed by atoms with Gasteiger partial charge in [0.1, 0.15) is 5.75 Å². The van der Waals surface area contributed by atoms with Crippen LogP contribution in [0, 0.1) is 5.92 Å². The molecule has 2 atom stereocenters. The smallest absolute Gasteiger partial charge is 0.230 e. The largest absolute Gasteiger partial charge is 0.507 e. The molecule has 0 unspecified atom stereocenters. The molecule has 1 saturated carbocycles. The monoisotopic (exact) mass is 374 g/mol. The fourth-order valence-corrected chi connectivity index (χ4v) is 4.27. The Bertz CT molecular complexity index is 762. The van der Waals surface area contributed by atoms with Gasteiger partial charge in [-0.05, 0) is 37.8 Å². The number of aromatic nitrogens is 3. The van der Waals surface area contributed by atoms with Crippen molar-refractivity contribution >= 4 is 17.7 Å². The second kappa shape index (κ2) is 8.58. The minimum Gasteiger partial charge on any atom is -0.507 e. The summed E-state index contributed by atoms with van der Waals surface area (Å²) in [6.07, 6.45) is 4.71. The maximum atomic E-state index is 12.3. The third kappa shape index (κ3) is 4.20. The average molecular weight is 375 g/mol. The maximum Gasteiger partial charge on any atom is 0.230 e. The van der Waals surface area contributed by atoms with Crippen LogP contribution in [-0.4, -0.2) is 37.6 Å². The Kier molecular flexibility index (Phi) is 6.19. The molecule has 1 amide bonds. The van der Waals surface area contributed by atoms with Crippen molar-refractivity contribution in [1.29, 1.82) is 0 Å². The first-order valence-corrected chi connectivity index (χ1v) is 10.2. The van der Waals surface area contributed by atoms with Crippen LogP contribution in [0.5, 0.6) is 5.75 Å². The van der Waals surface area contributed by atoms with Gasteiger partial charge in [-0.25, -0.2) is 0 Å². The van der Waals surface area contributed by atoms with Crippen LogP contribution in [0.3, 0.4) is 0 Å². The van der Waals surface area contributed by atoms with Gasteiger partial charge in [0.2, 0.25) is 5.91 Å². The zero-order valence-electron chi connectivity index (χ0n) is 15.3. The van der Waals surface area contributed by atoms with E-state index in [1.54, 1.807) is 12.1 Å². The van der Waals surface area contributed by atoms with E-state index in [0.717, 1.165) is 6.42 Å². The van der Waals surface area contributed by atoms with E-state index < -0.39 is 0 Å². The Morgan fingerprint density at radius 1 is 1.31 bits per heavy atom. The van der Waals surface area contributed by atoms with Crippen molar-refractivity contribution in [3.63, 3.8) is 0 Å². The lowest BCUT2D eigenvalue weighted by molar-refractivity contribution is -0.119. The SMILES string of the molecule is CCn1c(SCC(=O)N[C@H]2CCCC[C@H]2C)nnc1-c1ccccc1O. The number of amides is 1. The molecule has 1 aromatic carbocycles. The highest BCUT2D eigenvalue weighted by Gasteiger charge is 2.23. The van der Waals surface area contributed by atoms with Crippen LogP contribution in [-0.2, 0) is 11.3 Å². The number of carbonyl (C=O) groups excluding carboxylic acids is 1. The lowest BCUT2D eigenvalue weighted by Gasteiger charge is -2.29. The molecule has 26 heavy (non-hydrogen) atoms. The Morgan fingerprint density at radius 3 is 2.81 bits per heavy atom. The van der Waals surface area contributed by atoms with Crippen molar-refractivity contribution in [1.82, 2.24) is 20.1 Å². The summed E-state index contributed by atoms with van der Waals surface area (Å²) in [5, 5.41) is 22.4. The predicted octanol–water partition coefficient (Wildman–Crippen LogP) is 3.46. The van der Waals surface area contributed by atoms with Gasteiger partial charge >= 0.3 is 0 Å². The van der Waals surface area contributed by atoms with Gasteiger partial charge in [0.05, 0.1) is 11.3 Å². The van der Waals surface area contributed by atoms with Crippen LogP contribution in [0.2, 0.25) is 0 Å². The molecule has 1 aromatic heterocycles. The number of hydrogen-bond donors (Lipinski definition) is 2. The number of para-hydroxylation sites is 1. The number of aromatic hydroxyl groups is 1. The number of carbonyl (C=O) groups is 1. The number of nitrogens with zero attached hydrogens (tertiary/aromatic N) is 3. The molecule has 1 fully saturated rings. The zero-order chi connectivity index (χ0) is 18.5. The fraction of sp³-hybridized carbons (Fsp3) is 0.526. The molecule has 1 aliphatic rings. The average Bonchev–Trinajstić information content (AvgIpc) is 3.05. The van der Waals surface area contributed by atoms with Crippen LogP contribution in [0.4, 0.5) is 0 Å². The second-order valence-corrected chi connectivity index (χ2v) is 7.73. The van der Waals surface area contributed by atoms with E-state index in [1.165, 1.54) is 31.0 Å². The second-order valence-electron chi connectivity index (χ2n) is 6.79. The summed E-state index contributed by atoms with van der Waals surface area (Å²) >= 11 is 1.39. The minimum absolute atomic E-state index is 0.0449. The summed E-state index contributed by atoms with van der Waals surface area (Å²) in [6, 6.07) is 7.37. The van der Waals surface area contributed by atoms with Gasteiger partial charge in [-0.15, -0.1) is 10.2 Å². The van der Waals surface area contributed by atoms with E-state index in [1.807, 2.05) is 23.6 Å². The molecule has 0 aliphatic heterocycles. The lowest BCUT2D eigenvalue weighted by Crippen LogP contribution is -2.41. The Balaban J connectivity index is 1.65. The number of benzene rings is 1. The maximum absolute atomic E-state index is 12.3. The van der Waals surface area contributed by atoms with E-state index in [4.69, 9.17) is 0 Å². The zero-order valence-corrected chi connectivity index (χ0v) is 16.1. The molecule has 140 valence electrons. The highest BCUT2D eigenvalue weighted by atomic mass is 32.2. The summed E-state index contributed by atoms with van der Waals surface area (Å²) in [6.45, 7) is 4.88. The first-order valence-electron chi connectivity index (χ1n) is 9.24. The van der Waals surface area contributed by atoms with E-state index in [9.17, 15) is 9.90 Å². The van der Waals surface area contributed by atoms with E-state index in [2.05, 4.69) is 22.4 Å². The van der Waals surface area contributed by atoms with Crippen molar-refractivity contribution in [3.05, 3.63) is 24.3 Å². The summed E-state index contributed by atoms with van der Waals surface area (Å²) in [5.41, 5.74) is 0.647. The van der Waals surface area contributed by atoms with E-state index in [0.29, 0.717) is 34.8 Å². The highest BCUT2D eigenvalue weighted by molar-refractivity contribution is 7.99. The molecule has 0 spiro atoms. The van der Waals surface area contributed by atoms with Crippen LogP contribution in [0.1, 0.15) is 39.5 Å². The fourth-order valence-electron chi connectivity index (χ4n) is 3.45. The predicted molar refractivity (Wildman–Crippen MR) is 103 cm³/mol. The van der Waals surface area contributed by atoms with Gasteiger partial charge in [0.15, 0.2) is 11.0 Å². The first kappa shape index (κ1) is 18.8. The van der Waals surface area contributed by atoms with Gasteiger partial charge in [0, 0.05) is 12.6 Å². The summed E-state index contributed by atoms with van der Waals surface area (Å²) in [5.74, 6) is 1.71. The summed E-state index contributed by atoms with van der Waals surface area (Å²) < 4.78 is 1.93. The Labute approximate surface area is 158 Å². The number of nitrogens with one attached hydrogen (secondary N) is 1. The molecule has 0 saturated heterocycles. The van der Waals surface area contributed by atoms with Crippen LogP contribution >= 0.6 is 11.8 Å². The number of thioether (sulfide) groups is 1. The molecular formula is C19H26N4O2S. The van der Waals surface area contributed by atoms with E-state index in [-0.39, 0.29) is 17.7 Å². The molecule has 3 rings (SSSR count). The van der Waals surface area contributed by atoms with Crippen LogP contribution < -0.4 is 5.32 Å². The molecule has 2 aromatic rings. The molecule has 1 aliphatic carbocycles. The van der Waals surface area contributed by atoms with Gasteiger partial charge in [0.25, 0.3) is 0 Å². The standard InChI is InChI=1S/C19H26N4O2S/c1-3-23-18(14-9-5-7-11-16(14)24)21-22-19(23)26-12-17(25)20-15-10-6-4-8-13(15)2/h5,7,9,11,13,15,24H,3-4,6,8,10,12H2,1-2H3,(H,20,25)/t13-,15+/m1/s1. The lowest BCUT2D eigenvalue weighted by atomic mass is 9.86. The summed E-state index contributed by atoms with van der Waals surface area (Å²) in [4.78, 5) is 12.3. The number of phenolic OH excluding ortho intramolecular Hbond substituents is 1. The number of phenols is 1. The van der Waals surface area contributed by atoms with Gasteiger partial charge < -0.3 is 15.0 Å². The molecule has 6 nitrogen and oxygen atoms in total. The quantitative estimate of drug-likeness (QED) is 0.757. The molecule has 7 heteroatoms. The molecule has 1 heterocycles. The third-order valence-corrected chi connectivity index (χ3v) is 5.94. The number of hydrogen-bond acceptors (Lipinski definition) is 5.